The Hall–Kier alpha value is -2.08. The van der Waals surface area contributed by atoms with E-state index in [-0.39, 0.29) is 11.5 Å². The Labute approximate surface area is 143 Å². The largest absolute Gasteiger partial charge is 0.496 e. The van der Waals surface area contributed by atoms with Crippen LogP contribution in [0, 0.1) is 0 Å². The van der Waals surface area contributed by atoms with Gasteiger partial charge in [-0.25, -0.2) is 4.79 Å². The molecule has 0 aliphatic carbocycles. The predicted octanol–water partition coefficient (Wildman–Crippen LogP) is 3.41. The van der Waals surface area contributed by atoms with E-state index in [4.69, 9.17) is 14.2 Å². The van der Waals surface area contributed by atoms with E-state index in [2.05, 4.69) is 12.2 Å². The zero-order valence-corrected chi connectivity index (χ0v) is 15.1. The van der Waals surface area contributed by atoms with Crippen molar-refractivity contribution in [2.75, 3.05) is 26.6 Å². The van der Waals surface area contributed by atoms with E-state index in [0.717, 1.165) is 19.3 Å². The van der Waals surface area contributed by atoms with Crippen molar-refractivity contribution in [3.8, 4) is 5.75 Å². The molecule has 0 bridgehead atoms. The highest BCUT2D eigenvalue weighted by Crippen LogP contribution is 2.26. The summed E-state index contributed by atoms with van der Waals surface area (Å²) in [5.74, 6) is -0.389. The van der Waals surface area contributed by atoms with Gasteiger partial charge in [0.25, 0.3) is 5.91 Å². The summed E-state index contributed by atoms with van der Waals surface area (Å²) in [5, 5.41) is 2.80. The first-order valence-electron chi connectivity index (χ1n) is 8.04. The summed E-state index contributed by atoms with van der Waals surface area (Å²) < 4.78 is 15.3. The van der Waals surface area contributed by atoms with Crippen molar-refractivity contribution >= 4 is 17.6 Å². The van der Waals surface area contributed by atoms with Crippen LogP contribution in [0.25, 0.3) is 0 Å². The number of unbranched alkanes of at least 4 members (excludes halogenated alkanes) is 2. The third-order valence-corrected chi connectivity index (χ3v) is 4.05. The fraction of sp³-hybridized carbons (Fsp3) is 0.556. The molecule has 0 radical (unpaired) electrons. The second-order valence-electron chi connectivity index (χ2n) is 5.75. The van der Waals surface area contributed by atoms with Crippen molar-refractivity contribution in [3.05, 3.63) is 23.8 Å². The van der Waals surface area contributed by atoms with Gasteiger partial charge in [0.2, 0.25) is 0 Å². The standard InChI is InChI=1S/C18H27NO5/c1-6-7-8-11-18(2,24-5)17(21)19-13-9-10-15(22-3)14(12-13)16(20)23-4/h9-10,12H,6-8,11H2,1-5H3,(H,19,21). The molecule has 0 fully saturated rings. The molecule has 1 aromatic rings. The molecule has 0 aromatic heterocycles. The number of anilines is 1. The Morgan fingerprint density at radius 2 is 1.88 bits per heavy atom. The predicted molar refractivity (Wildman–Crippen MR) is 92.5 cm³/mol. The summed E-state index contributed by atoms with van der Waals surface area (Å²) in [7, 11) is 4.29. The molecule has 134 valence electrons. The summed E-state index contributed by atoms with van der Waals surface area (Å²) in [6.07, 6.45) is 3.65. The highest BCUT2D eigenvalue weighted by atomic mass is 16.5. The van der Waals surface area contributed by atoms with Crippen LogP contribution in [0.2, 0.25) is 0 Å². The number of hydrogen-bond donors (Lipinski definition) is 1. The molecule has 1 N–H and O–H groups in total. The van der Waals surface area contributed by atoms with Gasteiger partial charge in [0.05, 0.1) is 14.2 Å². The number of carbonyl (C=O) groups excluding carboxylic acids is 2. The van der Waals surface area contributed by atoms with Crippen LogP contribution in [0.15, 0.2) is 18.2 Å². The van der Waals surface area contributed by atoms with E-state index in [9.17, 15) is 9.59 Å². The Balaban J connectivity index is 2.94. The molecule has 0 heterocycles. The molecular formula is C18H27NO5. The molecule has 0 saturated heterocycles. The third-order valence-electron chi connectivity index (χ3n) is 4.05. The van der Waals surface area contributed by atoms with Crippen molar-refractivity contribution in [1.29, 1.82) is 0 Å². The first kappa shape index (κ1) is 20.0. The van der Waals surface area contributed by atoms with Crippen molar-refractivity contribution in [2.24, 2.45) is 0 Å². The Bertz CT molecular complexity index is 573. The van der Waals surface area contributed by atoms with Gasteiger partial charge < -0.3 is 19.5 Å². The zero-order valence-electron chi connectivity index (χ0n) is 15.1. The second-order valence-corrected chi connectivity index (χ2v) is 5.75. The lowest BCUT2D eigenvalue weighted by atomic mass is 9.96. The molecule has 24 heavy (non-hydrogen) atoms. The molecule has 1 aromatic carbocycles. The first-order valence-corrected chi connectivity index (χ1v) is 8.04. The number of ether oxygens (including phenoxy) is 3. The van der Waals surface area contributed by atoms with Gasteiger partial charge >= 0.3 is 5.97 Å². The van der Waals surface area contributed by atoms with Gasteiger partial charge in [-0.2, -0.15) is 0 Å². The average Bonchev–Trinajstić information content (AvgIpc) is 2.60. The van der Waals surface area contributed by atoms with Crippen LogP contribution in [0.4, 0.5) is 5.69 Å². The van der Waals surface area contributed by atoms with Crippen LogP contribution in [0.5, 0.6) is 5.75 Å². The topological polar surface area (TPSA) is 73.9 Å². The van der Waals surface area contributed by atoms with Crippen LogP contribution in [0.3, 0.4) is 0 Å². The normalized spacial score (nSPS) is 13.0. The lowest BCUT2D eigenvalue weighted by Crippen LogP contribution is -2.42. The lowest BCUT2D eigenvalue weighted by molar-refractivity contribution is -0.136. The lowest BCUT2D eigenvalue weighted by Gasteiger charge is -2.27. The van der Waals surface area contributed by atoms with Gasteiger partial charge in [0.1, 0.15) is 16.9 Å². The minimum absolute atomic E-state index is 0.248. The Morgan fingerprint density at radius 3 is 2.42 bits per heavy atom. The number of benzene rings is 1. The van der Waals surface area contributed by atoms with Gasteiger partial charge in [-0.1, -0.05) is 26.2 Å². The van der Waals surface area contributed by atoms with Crippen LogP contribution >= 0.6 is 0 Å². The van der Waals surface area contributed by atoms with Gasteiger partial charge in [0.15, 0.2) is 0 Å². The van der Waals surface area contributed by atoms with Crippen molar-refractivity contribution in [3.63, 3.8) is 0 Å². The van der Waals surface area contributed by atoms with E-state index in [1.807, 2.05) is 0 Å². The van der Waals surface area contributed by atoms with E-state index < -0.39 is 11.6 Å². The maximum absolute atomic E-state index is 12.6. The molecule has 6 heteroatoms. The summed E-state index contributed by atoms with van der Waals surface area (Å²) >= 11 is 0. The van der Waals surface area contributed by atoms with E-state index in [1.54, 1.807) is 19.1 Å². The van der Waals surface area contributed by atoms with Gasteiger partial charge in [-0.3, -0.25) is 4.79 Å². The molecule has 0 spiro atoms. The highest BCUT2D eigenvalue weighted by molar-refractivity contribution is 5.99. The van der Waals surface area contributed by atoms with E-state index in [1.165, 1.54) is 27.4 Å². The highest BCUT2D eigenvalue weighted by Gasteiger charge is 2.32. The summed E-state index contributed by atoms with van der Waals surface area (Å²) in [6.45, 7) is 3.87. The molecule has 0 saturated carbocycles. The van der Waals surface area contributed by atoms with Crippen LogP contribution < -0.4 is 10.1 Å². The second kappa shape index (κ2) is 9.27. The number of nitrogens with one attached hydrogen (secondary N) is 1. The van der Waals surface area contributed by atoms with E-state index >= 15 is 0 Å². The Kier molecular flexibility index (Phi) is 7.71. The SMILES string of the molecule is CCCCCC(C)(OC)C(=O)Nc1ccc(OC)c(C(=O)OC)c1. The minimum Gasteiger partial charge on any atom is -0.496 e. The van der Waals surface area contributed by atoms with Crippen LogP contribution in [-0.2, 0) is 14.3 Å². The van der Waals surface area contributed by atoms with Gasteiger partial charge in [0, 0.05) is 12.8 Å². The minimum atomic E-state index is -0.916. The maximum Gasteiger partial charge on any atom is 0.341 e. The van der Waals surface area contributed by atoms with Crippen LogP contribution in [-0.4, -0.2) is 38.8 Å². The fourth-order valence-corrected chi connectivity index (χ4v) is 2.34. The summed E-state index contributed by atoms with van der Waals surface area (Å²) in [5.41, 5.74) is -0.177. The molecule has 0 aliphatic heterocycles. The number of hydrogen-bond acceptors (Lipinski definition) is 5. The molecule has 0 aliphatic rings. The number of amides is 1. The Morgan fingerprint density at radius 1 is 1.17 bits per heavy atom. The van der Waals surface area contributed by atoms with Crippen molar-refractivity contribution in [2.45, 2.75) is 45.1 Å². The molecular weight excluding hydrogens is 310 g/mol. The number of carbonyl (C=O) groups is 2. The van der Waals surface area contributed by atoms with Crippen molar-refractivity contribution in [1.82, 2.24) is 0 Å². The molecule has 1 atom stereocenters. The quantitative estimate of drug-likeness (QED) is 0.552. The number of esters is 1. The van der Waals surface area contributed by atoms with E-state index in [0.29, 0.717) is 17.9 Å². The average molecular weight is 337 g/mol. The third kappa shape index (κ3) is 4.96. The van der Waals surface area contributed by atoms with Gasteiger partial charge in [-0.15, -0.1) is 0 Å². The fourth-order valence-electron chi connectivity index (χ4n) is 2.34. The molecule has 1 amide bonds. The monoisotopic (exact) mass is 337 g/mol. The van der Waals surface area contributed by atoms with Crippen LogP contribution in [0.1, 0.15) is 49.9 Å². The molecule has 6 nitrogen and oxygen atoms in total. The number of rotatable bonds is 9. The number of methoxy groups -OCH3 is 3. The smallest absolute Gasteiger partial charge is 0.341 e. The first-order chi connectivity index (χ1) is 11.4. The maximum atomic E-state index is 12.6. The zero-order chi connectivity index (χ0) is 18.2. The van der Waals surface area contributed by atoms with Gasteiger partial charge in [-0.05, 0) is 31.5 Å². The molecule has 1 rings (SSSR count). The summed E-state index contributed by atoms with van der Waals surface area (Å²) in [6, 6.07) is 4.82. The summed E-state index contributed by atoms with van der Waals surface area (Å²) in [4.78, 5) is 24.4. The van der Waals surface area contributed by atoms with Crippen molar-refractivity contribution < 1.29 is 23.8 Å². The molecule has 1 unspecified atom stereocenters.